The van der Waals surface area contributed by atoms with Gasteiger partial charge in [-0.1, -0.05) is 38.6 Å². The van der Waals surface area contributed by atoms with Crippen molar-refractivity contribution >= 4 is 5.91 Å². The van der Waals surface area contributed by atoms with E-state index in [4.69, 9.17) is 10.5 Å². The first-order chi connectivity index (χ1) is 9.93. The van der Waals surface area contributed by atoms with Crippen molar-refractivity contribution < 1.29 is 9.53 Å². The van der Waals surface area contributed by atoms with Gasteiger partial charge in [0.15, 0.2) is 0 Å². The molecule has 0 heterocycles. The minimum Gasteiger partial charge on any atom is -0.490 e. The molecule has 1 aromatic carbocycles. The number of rotatable bonds is 8. The zero-order valence-corrected chi connectivity index (χ0v) is 13.2. The van der Waals surface area contributed by atoms with E-state index >= 15 is 0 Å². The Balaban J connectivity index is 2.55. The lowest BCUT2D eigenvalue weighted by molar-refractivity contribution is -0.132. The van der Waals surface area contributed by atoms with E-state index in [1.807, 2.05) is 24.3 Å². The molecule has 0 radical (unpaired) electrons. The summed E-state index contributed by atoms with van der Waals surface area (Å²) in [5.41, 5.74) is 6.98. The van der Waals surface area contributed by atoms with Gasteiger partial charge >= 0.3 is 0 Å². The number of amides is 1. The smallest absolute Gasteiger partial charge is 0.239 e. The number of carbonyl (C=O) groups excluding carboxylic acids is 1. The van der Waals surface area contributed by atoms with Crippen molar-refractivity contribution in [1.29, 1.82) is 0 Å². The van der Waals surface area contributed by atoms with Crippen LogP contribution in [0.15, 0.2) is 36.9 Å². The minimum atomic E-state index is -0.426. The van der Waals surface area contributed by atoms with Gasteiger partial charge < -0.3 is 15.4 Å². The molecule has 4 heteroatoms. The molecule has 0 fully saturated rings. The molecule has 0 saturated carbocycles. The van der Waals surface area contributed by atoms with Crippen LogP contribution in [0.3, 0.4) is 0 Å². The monoisotopic (exact) mass is 290 g/mol. The van der Waals surface area contributed by atoms with Gasteiger partial charge in [0.2, 0.25) is 5.91 Å². The Kier molecular flexibility index (Phi) is 6.96. The van der Waals surface area contributed by atoms with Crippen LogP contribution >= 0.6 is 0 Å². The Morgan fingerprint density at radius 1 is 1.38 bits per heavy atom. The number of hydrogen-bond donors (Lipinski definition) is 1. The lowest BCUT2D eigenvalue weighted by atomic mass is 10.0. The molecule has 1 atom stereocenters. The Bertz CT molecular complexity index is 454. The van der Waals surface area contributed by atoms with Crippen LogP contribution in [0.4, 0.5) is 0 Å². The molecule has 2 N–H and O–H groups in total. The lowest BCUT2D eigenvalue weighted by Gasteiger charge is -2.22. The Hall–Kier alpha value is -1.81. The summed E-state index contributed by atoms with van der Waals surface area (Å²) < 4.78 is 5.43. The van der Waals surface area contributed by atoms with Crippen molar-refractivity contribution in [3.63, 3.8) is 0 Å². The summed E-state index contributed by atoms with van der Waals surface area (Å²) in [6, 6.07) is 7.27. The van der Waals surface area contributed by atoms with E-state index in [1.165, 1.54) is 0 Å². The van der Waals surface area contributed by atoms with Crippen molar-refractivity contribution in [2.24, 2.45) is 11.7 Å². The average Bonchev–Trinajstić information content (AvgIpc) is 2.45. The number of ether oxygens (including phenoxy) is 1. The highest BCUT2D eigenvalue weighted by atomic mass is 16.5. The van der Waals surface area contributed by atoms with Gasteiger partial charge in [-0.2, -0.15) is 0 Å². The molecule has 116 valence electrons. The van der Waals surface area contributed by atoms with Gasteiger partial charge in [0.25, 0.3) is 0 Å². The van der Waals surface area contributed by atoms with E-state index in [0.717, 1.165) is 11.3 Å². The minimum absolute atomic E-state index is 0.0179. The largest absolute Gasteiger partial charge is 0.490 e. The van der Waals surface area contributed by atoms with Gasteiger partial charge in [-0.15, -0.1) is 0 Å². The predicted molar refractivity (Wildman–Crippen MR) is 86.0 cm³/mol. The number of nitrogens with two attached hydrogens (primary N) is 1. The topological polar surface area (TPSA) is 55.6 Å². The number of carbonyl (C=O) groups is 1. The highest BCUT2D eigenvalue weighted by Gasteiger charge is 2.19. The first kappa shape index (κ1) is 17.2. The third kappa shape index (κ3) is 6.00. The molecule has 0 aromatic heterocycles. The van der Waals surface area contributed by atoms with Crippen molar-refractivity contribution in [2.75, 3.05) is 13.7 Å². The van der Waals surface area contributed by atoms with Gasteiger partial charge in [-0.3, -0.25) is 4.79 Å². The second-order valence-electron chi connectivity index (χ2n) is 5.67. The summed E-state index contributed by atoms with van der Waals surface area (Å²) in [5, 5.41) is 0. The zero-order chi connectivity index (χ0) is 15.8. The maximum absolute atomic E-state index is 12.2. The molecule has 1 amide bonds. The molecule has 0 aliphatic rings. The van der Waals surface area contributed by atoms with E-state index in [1.54, 1.807) is 18.0 Å². The molecule has 4 nitrogen and oxygen atoms in total. The van der Waals surface area contributed by atoms with E-state index in [-0.39, 0.29) is 5.91 Å². The zero-order valence-electron chi connectivity index (χ0n) is 13.2. The van der Waals surface area contributed by atoms with Gasteiger partial charge in [-0.05, 0) is 30.0 Å². The fourth-order valence-corrected chi connectivity index (χ4v) is 2.09. The van der Waals surface area contributed by atoms with Crippen LogP contribution in [0, 0.1) is 5.92 Å². The summed E-state index contributed by atoms with van der Waals surface area (Å²) in [4.78, 5) is 13.8. The van der Waals surface area contributed by atoms with Gasteiger partial charge in [0, 0.05) is 13.6 Å². The van der Waals surface area contributed by atoms with Gasteiger partial charge in [-0.25, -0.2) is 0 Å². The molecule has 0 saturated heterocycles. The average molecular weight is 290 g/mol. The van der Waals surface area contributed by atoms with Gasteiger partial charge in [0.1, 0.15) is 12.4 Å². The van der Waals surface area contributed by atoms with Crippen LogP contribution in [0.5, 0.6) is 5.75 Å². The third-order valence-electron chi connectivity index (χ3n) is 3.13. The van der Waals surface area contributed by atoms with Crippen LogP contribution in [0.25, 0.3) is 0 Å². The number of likely N-dealkylation sites (N-methyl/N-ethyl adjacent to an activating group) is 1. The lowest BCUT2D eigenvalue weighted by Crippen LogP contribution is -2.42. The van der Waals surface area contributed by atoms with Crippen LogP contribution in [0.1, 0.15) is 25.8 Å². The summed E-state index contributed by atoms with van der Waals surface area (Å²) in [7, 11) is 1.78. The maximum Gasteiger partial charge on any atom is 0.239 e. The van der Waals surface area contributed by atoms with Crippen molar-refractivity contribution in [3.8, 4) is 5.75 Å². The molecule has 21 heavy (non-hydrogen) atoms. The fourth-order valence-electron chi connectivity index (χ4n) is 2.09. The Morgan fingerprint density at radius 3 is 2.52 bits per heavy atom. The number of hydrogen-bond acceptors (Lipinski definition) is 3. The normalized spacial score (nSPS) is 12.0. The first-order valence-electron chi connectivity index (χ1n) is 7.27. The molecule has 1 aromatic rings. The standard InChI is InChI=1S/C17H26N2O2/c1-5-10-21-15-8-6-14(7-9-15)12-19(4)17(20)16(18)11-13(2)3/h5-9,13,16H,1,10-12,18H2,2-4H3/t16-/m0/s1. The van der Waals surface area contributed by atoms with Crippen molar-refractivity contribution in [2.45, 2.75) is 32.9 Å². The molecule has 0 aliphatic carbocycles. The predicted octanol–water partition coefficient (Wildman–Crippen LogP) is 2.58. The Morgan fingerprint density at radius 2 is 2.00 bits per heavy atom. The quantitative estimate of drug-likeness (QED) is 0.749. The molecule has 0 bridgehead atoms. The third-order valence-corrected chi connectivity index (χ3v) is 3.13. The van der Waals surface area contributed by atoms with Crippen molar-refractivity contribution in [3.05, 3.63) is 42.5 Å². The highest BCUT2D eigenvalue weighted by Crippen LogP contribution is 2.14. The fraction of sp³-hybridized carbons (Fsp3) is 0.471. The van der Waals surface area contributed by atoms with Crippen LogP contribution in [0.2, 0.25) is 0 Å². The molecular weight excluding hydrogens is 264 g/mol. The summed E-state index contributed by atoms with van der Waals surface area (Å²) in [6.07, 6.45) is 2.41. The second kappa shape index (κ2) is 8.47. The molecular formula is C17H26N2O2. The van der Waals surface area contributed by atoms with E-state index in [2.05, 4.69) is 20.4 Å². The van der Waals surface area contributed by atoms with Crippen LogP contribution < -0.4 is 10.5 Å². The maximum atomic E-state index is 12.2. The highest BCUT2D eigenvalue weighted by molar-refractivity contribution is 5.81. The molecule has 1 rings (SSSR count). The summed E-state index contributed by atoms with van der Waals surface area (Å²) in [6.45, 7) is 8.77. The Labute approximate surface area is 127 Å². The van der Waals surface area contributed by atoms with E-state index < -0.39 is 6.04 Å². The van der Waals surface area contributed by atoms with E-state index in [0.29, 0.717) is 25.5 Å². The molecule has 0 aliphatic heterocycles. The van der Waals surface area contributed by atoms with Crippen molar-refractivity contribution in [1.82, 2.24) is 4.90 Å². The number of benzene rings is 1. The molecule has 0 spiro atoms. The number of nitrogens with zero attached hydrogens (tertiary/aromatic N) is 1. The van der Waals surface area contributed by atoms with E-state index in [9.17, 15) is 4.79 Å². The summed E-state index contributed by atoms with van der Waals surface area (Å²) in [5.74, 6) is 1.19. The van der Waals surface area contributed by atoms with Crippen LogP contribution in [-0.2, 0) is 11.3 Å². The van der Waals surface area contributed by atoms with Gasteiger partial charge in [0.05, 0.1) is 6.04 Å². The summed E-state index contributed by atoms with van der Waals surface area (Å²) >= 11 is 0. The second-order valence-corrected chi connectivity index (χ2v) is 5.67. The van der Waals surface area contributed by atoms with Crippen LogP contribution in [-0.4, -0.2) is 30.5 Å². The first-order valence-corrected chi connectivity index (χ1v) is 7.27. The SMILES string of the molecule is C=CCOc1ccc(CN(C)C(=O)[C@@H](N)CC(C)C)cc1. The molecule has 0 unspecified atom stereocenters.